The van der Waals surface area contributed by atoms with Gasteiger partial charge in [-0.3, -0.25) is 0 Å². The first kappa shape index (κ1) is 7.95. The highest BCUT2D eigenvalue weighted by molar-refractivity contribution is 4.87. The van der Waals surface area contributed by atoms with Crippen molar-refractivity contribution in [3.05, 3.63) is 0 Å². The predicted molar refractivity (Wildman–Crippen MR) is 35.5 cm³/mol. The number of rotatable bonds is 1. The predicted octanol–water partition coefficient (Wildman–Crippen LogP) is 0.883. The number of alkyl halides is 1. The fourth-order valence-corrected chi connectivity index (χ4v) is 1.25. The van der Waals surface area contributed by atoms with E-state index in [4.69, 9.17) is 9.84 Å². The van der Waals surface area contributed by atoms with Crippen molar-refractivity contribution in [3.8, 4) is 0 Å². The Kier molecular flexibility index (Phi) is 2.26. The van der Waals surface area contributed by atoms with E-state index in [1.807, 2.05) is 6.92 Å². The Bertz CT molecular complexity index is 118. The summed E-state index contributed by atoms with van der Waals surface area (Å²) >= 11 is 0. The molecule has 4 atom stereocenters. The molecule has 1 aliphatic rings. The topological polar surface area (TPSA) is 29.5 Å². The summed E-state index contributed by atoms with van der Waals surface area (Å²) in [7, 11) is 0. The molecule has 1 heterocycles. The number of hydrogen-bond acceptors (Lipinski definition) is 2. The second-order valence-corrected chi connectivity index (χ2v) is 2.72. The van der Waals surface area contributed by atoms with Gasteiger partial charge in [0, 0.05) is 0 Å². The van der Waals surface area contributed by atoms with Crippen LogP contribution in [-0.4, -0.2) is 29.6 Å². The summed E-state index contributed by atoms with van der Waals surface area (Å²) < 4.78 is 17.9. The molecule has 0 amide bonds. The van der Waals surface area contributed by atoms with E-state index in [1.165, 1.54) is 0 Å². The van der Waals surface area contributed by atoms with Gasteiger partial charge in [0.2, 0.25) is 0 Å². The lowest BCUT2D eigenvalue weighted by atomic mass is 10.1. The summed E-state index contributed by atoms with van der Waals surface area (Å²) in [6.07, 6.45) is -2.19. The minimum atomic E-state index is -1.20. The third kappa shape index (κ3) is 1.16. The molecule has 1 rings (SSSR count). The van der Waals surface area contributed by atoms with Gasteiger partial charge in [0.05, 0.1) is 12.2 Å². The van der Waals surface area contributed by atoms with E-state index < -0.39 is 18.4 Å². The molecule has 0 radical (unpaired) electrons. The van der Waals surface area contributed by atoms with Gasteiger partial charge in [-0.05, 0) is 13.3 Å². The molecule has 0 aromatic rings. The molecule has 1 aliphatic heterocycles. The van der Waals surface area contributed by atoms with E-state index >= 15 is 0 Å². The van der Waals surface area contributed by atoms with E-state index in [1.54, 1.807) is 6.92 Å². The lowest BCUT2D eigenvalue weighted by Crippen LogP contribution is -2.27. The normalized spacial score (nSPS) is 48.0. The standard InChI is InChI=1S/C7H13FO2/c1-3-5-7(9)6(8)4(2)10-5/h4-7,9H,3H2,1-2H3/t4-,5+,6?,7?/m0/s1. The Balaban J connectivity index is 2.53. The number of aliphatic hydroxyl groups excluding tert-OH is 1. The van der Waals surface area contributed by atoms with Crippen LogP contribution in [0.15, 0.2) is 0 Å². The van der Waals surface area contributed by atoms with Crippen molar-refractivity contribution < 1.29 is 14.2 Å². The zero-order chi connectivity index (χ0) is 7.72. The average Bonchev–Trinajstić information content (AvgIpc) is 2.17. The van der Waals surface area contributed by atoms with Crippen LogP contribution in [-0.2, 0) is 4.74 Å². The van der Waals surface area contributed by atoms with Gasteiger partial charge in [-0.2, -0.15) is 0 Å². The molecule has 0 spiro atoms. The molecule has 1 fully saturated rings. The molecule has 2 unspecified atom stereocenters. The van der Waals surface area contributed by atoms with E-state index in [2.05, 4.69) is 0 Å². The average molecular weight is 148 g/mol. The van der Waals surface area contributed by atoms with Gasteiger partial charge < -0.3 is 9.84 Å². The molecule has 3 heteroatoms. The van der Waals surface area contributed by atoms with Crippen molar-refractivity contribution in [1.82, 2.24) is 0 Å². The fraction of sp³-hybridized carbons (Fsp3) is 1.00. The summed E-state index contributed by atoms with van der Waals surface area (Å²) in [5, 5.41) is 9.13. The summed E-state index contributed by atoms with van der Waals surface area (Å²) in [5.41, 5.74) is 0. The first-order chi connectivity index (χ1) is 4.66. The van der Waals surface area contributed by atoms with Gasteiger partial charge >= 0.3 is 0 Å². The van der Waals surface area contributed by atoms with E-state index in [0.29, 0.717) is 6.42 Å². The zero-order valence-corrected chi connectivity index (χ0v) is 6.25. The third-order valence-electron chi connectivity index (χ3n) is 1.95. The third-order valence-corrected chi connectivity index (χ3v) is 1.95. The van der Waals surface area contributed by atoms with Crippen molar-refractivity contribution in [2.24, 2.45) is 0 Å². The van der Waals surface area contributed by atoms with Crippen LogP contribution in [0.25, 0.3) is 0 Å². The number of hydrogen-bond donors (Lipinski definition) is 1. The van der Waals surface area contributed by atoms with Crippen LogP contribution in [0.2, 0.25) is 0 Å². The van der Waals surface area contributed by atoms with E-state index in [0.717, 1.165) is 0 Å². The van der Waals surface area contributed by atoms with Gasteiger partial charge in [0.1, 0.15) is 6.10 Å². The van der Waals surface area contributed by atoms with Crippen LogP contribution in [0.5, 0.6) is 0 Å². The van der Waals surface area contributed by atoms with E-state index in [9.17, 15) is 4.39 Å². The highest BCUT2D eigenvalue weighted by Gasteiger charge is 2.40. The quantitative estimate of drug-likeness (QED) is 0.598. The first-order valence-corrected chi connectivity index (χ1v) is 3.64. The Labute approximate surface area is 60.0 Å². The Hall–Kier alpha value is -0.150. The van der Waals surface area contributed by atoms with Crippen LogP contribution >= 0.6 is 0 Å². The minimum Gasteiger partial charge on any atom is -0.387 e. The smallest absolute Gasteiger partial charge is 0.154 e. The monoisotopic (exact) mass is 148 g/mol. The van der Waals surface area contributed by atoms with Crippen molar-refractivity contribution in [3.63, 3.8) is 0 Å². The van der Waals surface area contributed by atoms with Crippen molar-refractivity contribution in [2.75, 3.05) is 0 Å². The molecule has 0 aliphatic carbocycles. The molecule has 2 nitrogen and oxygen atoms in total. The van der Waals surface area contributed by atoms with E-state index in [-0.39, 0.29) is 6.10 Å². The van der Waals surface area contributed by atoms with Gasteiger partial charge in [-0.15, -0.1) is 0 Å². The summed E-state index contributed by atoms with van der Waals surface area (Å²) in [5.74, 6) is 0. The van der Waals surface area contributed by atoms with Crippen LogP contribution in [0.4, 0.5) is 4.39 Å². The molecular weight excluding hydrogens is 135 g/mol. The van der Waals surface area contributed by atoms with Crippen molar-refractivity contribution in [1.29, 1.82) is 0 Å². The summed E-state index contributed by atoms with van der Waals surface area (Å²) in [6.45, 7) is 3.52. The summed E-state index contributed by atoms with van der Waals surface area (Å²) in [4.78, 5) is 0. The fourth-order valence-electron chi connectivity index (χ4n) is 1.25. The largest absolute Gasteiger partial charge is 0.387 e. The molecule has 0 bridgehead atoms. The molecule has 0 aromatic heterocycles. The lowest BCUT2D eigenvalue weighted by molar-refractivity contribution is 0.0144. The molecule has 10 heavy (non-hydrogen) atoms. The number of halogens is 1. The molecule has 1 saturated heterocycles. The highest BCUT2D eigenvalue weighted by atomic mass is 19.1. The van der Waals surface area contributed by atoms with Crippen molar-refractivity contribution >= 4 is 0 Å². The Morgan fingerprint density at radius 1 is 1.60 bits per heavy atom. The van der Waals surface area contributed by atoms with Gasteiger partial charge in [0.15, 0.2) is 6.17 Å². The maximum Gasteiger partial charge on any atom is 0.154 e. The Morgan fingerprint density at radius 2 is 2.20 bits per heavy atom. The lowest BCUT2D eigenvalue weighted by Gasteiger charge is -2.09. The molecule has 60 valence electrons. The zero-order valence-electron chi connectivity index (χ0n) is 6.25. The highest BCUT2D eigenvalue weighted by Crippen LogP contribution is 2.25. The molecule has 0 aromatic carbocycles. The maximum absolute atomic E-state index is 12.8. The van der Waals surface area contributed by atoms with Crippen molar-refractivity contribution in [2.45, 2.75) is 44.8 Å². The maximum atomic E-state index is 12.8. The SMILES string of the molecule is CC[C@H]1O[C@@H](C)C(F)C1O. The molecular formula is C7H13FO2. The second kappa shape index (κ2) is 2.84. The summed E-state index contributed by atoms with van der Waals surface area (Å²) in [6, 6.07) is 0. The van der Waals surface area contributed by atoms with Gasteiger partial charge in [-0.1, -0.05) is 6.92 Å². The van der Waals surface area contributed by atoms with Crippen LogP contribution in [0, 0.1) is 0 Å². The molecule has 0 saturated carbocycles. The van der Waals surface area contributed by atoms with Crippen LogP contribution < -0.4 is 0 Å². The van der Waals surface area contributed by atoms with Crippen LogP contribution in [0.1, 0.15) is 20.3 Å². The van der Waals surface area contributed by atoms with Crippen LogP contribution in [0.3, 0.4) is 0 Å². The Morgan fingerprint density at radius 3 is 2.40 bits per heavy atom. The molecule has 1 N–H and O–H groups in total. The minimum absolute atomic E-state index is 0.301. The number of aliphatic hydroxyl groups is 1. The number of ether oxygens (including phenoxy) is 1. The van der Waals surface area contributed by atoms with Gasteiger partial charge in [-0.25, -0.2) is 4.39 Å². The second-order valence-electron chi connectivity index (χ2n) is 2.72. The first-order valence-electron chi connectivity index (χ1n) is 3.64. The van der Waals surface area contributed by atoms with Gasteiger partial charge in [0.25, 0.3) is 0 Å².